The minimum absolute atomic E-state index is 0.0159. The van der Waals surface area contributed by atoms with Gasteiger partial charge in [0.1, 0.15) is 12.4 Å². The van der Waals surface area contributed by atoms with E-state index in [1.165, 1.54) is 0 Å². The van der Waals surface area contributed by atoms with Crippen LogP contribution in [-0.4, -0.2) is 36.9 Å². The van der Waals surface area contributed by atoms with Gasteiger partial charge in [-0.3, -0.25) is 4.79 Å². The van der Waals surface area contributed by atoms with E-state index in [-0.39, 0.29) is 5.91 Å². The first-order chi connectivity index (χ1) is 8.86. The number of halogens is 2. The van der Waals surface area contributed by atoms with Crippen LogP contribution >= 0.6 is 23.2 Å². The van der Waals surface area contributed by atoms with Crippen molar-refractivity contribution in [3.8, 4) is 5.75 Å². The van der Waals surface area contributed by atoms with Crippen molar-refractivity contribution in [2.45, 2.75) is 13.8 Å². The number of likely N-dealkylation sites (N-methyl/N-ethyl adjacent to an activating group) is 1. The van der Waals surface area contributed by atoms with Crippen LogP contribution < -0.4 is 4.74 Å². The Morgan fingerprint density at radius 1 is 1.32 bits per heavy atom. The Hall–Kier alpha value is -0.930. The molecule has 0 spiro atoms. The van der Waals surface area contributed by atoms with Gasteiger partial charge in [0.2, 0.25) is 5.91 Å². The number of carbonyl (C=O) groups excluding carboxylic acids is 1. The average Bonchev–Trinajstić information content (AvgIpc) is 2.40. The number of amides is 1. The lowest BCUT2D eigenvalue weighted by atomic mass is 9.94. The molecule has 1 rings (SSSR count). The van der Waals surface area contributed by atoms with E-state index < -0.39 is 5.41 Å². The summed E-state index contributed by atoms with van der Waals surface area (Å²) in [5, 5.41) is 0.670. The second-order valence-corrected chi connectivity index (χ2v) is 5.75. The monoisotopic (exact) mass is 303 g/mol. The predicted octanol–water partition coefficient (Wildman–Crippen LogP) is 3.44. The van der Waals surface area contributed by atoms with Gasteiger partial charge in [-0.1, -0.05) is 11.6 Å². The molecule has 0 bridgehead atoms. The molecular weight excluding hydrogens is 285 g/mol. The maximum Gasteiger partial charge on any atom is 0.229 e. The molecule has 19 heavy (non-hydrogen) atoms. The minimum Gasteiger partial charge on any atom is -0.492 e. The fraction of sp³-hybridized carbons (Fsp3) is 0.500. The molecule has 0 saturated carbocycles. The summed E-state index contributed by atoms with van der Waals surface area (Å²) in [7, 11) is 1.75. The average molecular weight is 304 g/mol. The van der Waals surface area contributed by atoms with Crippen molar-refractivity contribution in [2.75, 3.05) is 26.1 Å². The second-order valence-electron chi connectivity index (χ2n) is 5.05. The maximum atomic E-state index is 12.1. The molecule has 3 nitrogen and oxygen atoms in total. The summed E-state index contributed by atoms with van der Waals surface area (Å²) in [6, 6.07) is 7.13. The van der Waals surface area contributed by atoms with Gasteiger partial charge in [0.25, 0.3) is 0 Å². The number of benzene rings is 1. The van der Waals surface area contributed by atoms with Crippen LogP contribution in [0.4, 0.5) is 0 Å². The Bertz CT molecular complexity index is 418. The molecule has 0 aliphatic heterocycles. The van der Waals surface area contributed by atoms with Crippen molar-refractivity contribution >= 4 is 29.1 Å². The first-order valence-electron chi connectivity index (χ1n) is 6.07. The summed E-state index contributed by atoms with van der Waals surface area (Å²) in [6.45, 7) is 4.61. The molecule has 0 unspecified atom stereocenters. The molecule has 0 aliphatic rings. The molecule has 0 aliphatic carbocycles. The summed E-state index contributed by atoms with van der Waals surface area (Å²) in [4.78, 5) is 13.7. The van der Waals surface area contributed by atoms with Crippen LogP contribution in [0, 0.1) is 5.41 Å². The van der Waals surface area contributed by atoms with Crippen LogP contribution in [0.3, 0.4) is 0 Å². The molecule has 0 radical (unpaired) electrons. The molecule has 0 saturated heterocycles. The zero-order valence-electron chi connectivity index (χ0n) is 11.5. The molecular formula is C14H19Cl2NO2. The number of nitrogens with zero attached hydrogens (tertiary/aromatic N) is 1. The third-order valence-electron chi connectivity index (χ3n) is 2.77. The summed E-state index contributed by atoms with van der Waals surface area (Å²) >= 11 is 11.6. The second kappa shape index (κ2) is 7.01. The standard InChI is InChI=1S/C14H19Cl2NO2/c1-14(2,10-15)13(18)17(3)8-9-19-12-6-4-11(16)5-7-12/h4-7H,8-10H2,1-3H3. The van der Waals surface area contributed by atoms with Gasteiger partial charge in [-0.15, -0.1) is 11.6 Å². The highest BCUT2D eigenvalue weighted by atomic mass is 35.5. The molecule has 0 fully saturated rings. The molecule has 106 valence electrons. The number of hydrogen-bond donors (Lipinski definition) is 0. The lowest BCUT2D eigenvalue weighted by Crippen LogP contribution is -2.41. The molecule has 0 atom stereocenters. The molecule has 0 heterocycles. The van der Waals surface area contributed by atoms with Gasteiger partial charge in [0, 0.05) is 18.0 Å². The van der Waals surface area contributed by atoms with Crippen molar-refractivity contribution in [1.29, 1.82) is 0 Å². The largest absolute Gasteiger partial charge is 0.492 e. The van der Waals surface area contributed by atoms with Crippen LogP contribution in [0.2, 0.25) is 5.02 Å². The topological polar surface area (TPSA) is 29.5 Å². The Morgan fingerprint density at radius 3 is 2.42 bits per heavy atom. The Balaban J connectivity index is 2.40. The van der Waals surface area contributed by atoms with Crippen molar-refractivity contribution in [1.82, 2.24) is 4.90 Å². The lowest BCUT2D eigenvalue weighted by Gasteiger charge is -2.27. The first kappa shape index (κ1) is 16.1. The Labute approximate surface area is 124 Å². The van der Waals surface area contributed by atoms with Gasteiger partial charge in [0.15, 0.2) is 0 Å². The Morgan fingerprint density at radius 2 is 1.89 bits per heavy atom. The van der Waals surface area contributed by atoms with Crippen molar-refractivity contribution in [3.05, 3.63) is 29.3 Å². The smallest absolute Gasteiger partial charge is 0.229 e. The van der Waals surface area contributed by atoms with Crippen molar-refractivity contribution in [2.24, 2.45) is 5.41 Å². The quantitative estimate of drug-likeness (QED) is 0.753. The number of hydrogen-bond acceptors (Lipinski definition) is 2. The maximum absolute atomic E-state index is 12.1. The fourth-order valence-corrected chi connectivity index (χ4v) is 1.75. The van der Waals surface area contributed by atoms with Gasteiger partial charge in [0.05, 0.1) is 12.0 Å². The third-order valence-corrected chi connectivity index (χ3v) is 3.69. The molecule has 1 aromatic rings. The summed E-state index contributed by atoms with van der Waals surface area (Å²) in [5.41, 5.74) is -0.545. The van der Waals surface area contributed by atoms with Gasteiger partial charge >= 0.3 is 0 Å². The van der Waals surface area contributed by atoms with Gasteiger partial charge < -0.3 is 9.64 Å². The van der Waals surface area contributed by atoms with Crippen molar-refractivity contribution in [3.63, 3.8) is 0 Å². The highest BCUT2D eigenvalue weighted by Crippen LogP contribution is 2.20. The van der Waals surface area contributed by atoms with E-state index in [1.54, 1.807) is 36.2 Å². The zero-order chi connectivity index (χ0) is 14.5. The van der Waals surface area contributed by atoms with Gasteiger partial charge in [-0.05, 0) is 38.1 Å². The van der Waals surface area contributed by atoms with Crippen LogP contribution in [0.1, 0.15) is 13.8 Å². The number of ether oxygens (including phenoxy) is 1. The predicted molar refractivity (Wildman–Crippen MR) is 79.1 cm³/mol. The fourth-order valence-electron chi connectivity index (χ4n) is 1.51. The molecule has 5 heteroatoms. The highest BCUT2D eigenvalue weighted by molar-refractivity contribution is 6.30. The van der Waals surface area contributed by atoms with E-state index in [0.717, 1.165) is 5.75 Å². The van der Waals surface area contributed by atoms with Crippen molar-refractivity contribution < 1.29 is 9.53 Å². The first-order valence-corrected chi connectivity index (χ1v) is 6.98. The minimum atomic E-state index is -0.545. The highest BCUT2D eigenvalue weighted by Gasteiger charge is 2.29. The normalized spacial score (nSPS) is 11.2. The summed E-state index contributed by atoms with van der Waals surface area (Å²) < 4.78 is 5.54. The van der Waals surface area contributed by atoms with E-state index in [9.17, 15) is 4.79 Å². The lowest BCUT2D eigenvalue weighted by molar-refractivity contribution is -0.138. The van der Waals surface area contributed by atoms with Crippen LogP contribution in [-0.2, 0) is 4.79 Å². The van der Waals surface area contributed by atoms with E-state index in [0.29, 0.717) is 24.1 Å². The van der Waals surface area contributed by atoms with E-state index >= 15 is 0 Å². The van der Waals surface area contributed by atoms with E-state index in [2.05, 4.69) is 0 Å². The van der Waals surface area contributed by atoms with E-state index in [4.69, 9.17) is 27.9 Å². The molecule has 1 aromatic carbocycles. The van der Waals surface area contributed by atoms with E-state index in [1.807, 2.05) is 13.8 Å². The summed E-state index contributed by atoms with van der Waals surface area (Å²) in [6.07, 6.45) is 0. The SMILES string of the molecule is CN(CCOc1ccc(Cl)cc1)C(=O)C(C)(C)CCl. The van der Waals surface area contributed by atoms with Crippen LogP contribution in [0.15, 0.2) is 24.3 Å². The molecule has 0 N–H and O–H groups in total. The van der Waals surface area contributed by atoms with Gasteiger partial charge in [-0.25, -0.2) is 0 Å². The number of alkyl halides is 1. The number of rotatable bonds is 6. The Kier molecular flexibility index (Phi) is 5.95. The zero-order valence-corrected chi connectivity index (χ0v) is 13.0. The molecule has 0 aromatic heterocycles. The third kappa shape index (κ3) is 4.92. The number of carbonyl (C=O) groups is 1. The molecule has 1 amide bonds. The summed E-state index contributed by atoms with van der Waals surface area (Å²) in [5.74, 6) is 1.05. The van der Waals surface area contributed by atoms with Crippen LogP contribution in [0.5, 0.6) is 5.75 Å². The van der Waals surface area contributed by atoms with Gasteiger partial charge in [-0.2, -0.15) is 0 Å². The van der Waals surface area contributed by atoms with Crippen LogP contribution in [0.25, 0.3) is 0 Å².